The maximum Gasteiger partial charge on any atom is 0.297 e. The minimum Gasteiger partial charge on any atom is -0.499 e. The molecule has 0 aliphatic carbocycles. The molecule has 0 unspecified atom stereocenters. The van der Waals surface area contributed by atoms with E-state index in [-0.39, 0.29) is 18.1 Å². The predicted molar refractivity (Wildman–Crippen MR) is 104 cm³/mol. The third-order valence-corrected chi connectivity index (χ3v) is 4.68. The van der Waals surface area contributed by atoms with Crippen LogP contribution >= 0.6 is 0 Å². The van der Waals surface area contributed by atoms with Gasteiger partial charge in [0, 0.05) is 0 Å². The Balaban J connectivity index is 1.89. The molecule has 0 bridgehead atoms. The highest BCUT2D eigenvalue weighted by Gasteiger charge is 2.14. The van der Waals surface area contributed by atoms with E-state index in [1.807, 2.05) is 6.92 Å². The van der Waals surface area contributed by atoms with Crippen LogP contribution in [0.25, 0.3) is 0 Å². The van der Waals surface area contributed by atoms with Crippen LogP contribution in [0.3, 0.4) is 0 Å². The highest BCUT2D eigenvalue weighted by atomic mass is 32.2. The number of hydrogen-bond acceptors (Lipinski definition) is 8. The quantitative estimate of drug-likeness (QED) is 0.203. The van der Waals surface area contributed by atoms with Crippen LogP contribution < -0.4 is 0 Å². The van der Waals surface area contributed by atoms with Gasteiger partial charge in [-0.2, -0.15) is 8.42 Å². The lowest BCUT2D eigenvalue weighted by Crippen LogP contribution is -2.15. The van der Waals surface area contributed by atoms with Crippen molar-refractivity contribution in [2.45, 2.75) is 11.8 Å². The lowest BCUT2D eigenvalue weighted by molar-refractivity contribution is -0.00818. The SMILES string of the molecule is C=COCCOCCOCCOCCOCCOS(=O)(=O)c1ccc(C)cc1. The van der Waals surface area contributed by atoms with Gasteiger partial charge in [-0.3, -0.25) is 4.18 Å². The van der Waals surface area contributed by atoms with E-state index in [4.69, 9.17) is 27.9 Å². The minimum absolute atomic E-state index is 0.0445. The van der Waals surface area contributed by atoms with Gasteiger partial charge >= 0.3 is 0 Å². The number of benzene rings is 1. The van der Waals surface area contributed by atoms with Crippen LogP contribution in [0.1, 0.15) is 5.56 Å². The fraction of sp³-hybridized carbons (Fsp3) is 0.579. The van der Waals surface area contributed by atoms with Gasteiger partial charge in [0.05, 0.1) is 70.6 Å². The Hall–Kier alpha value is -1.49. The molecule has 0 aliphatic heterocycles. The highest BCUT2D eigenvalue weighted by Crippen LogP contribution is 2.12. The molecule has 9 heteroatoms. The summed E-state index contributed by atoms with van der Waals surface area (Å²) < 4.78 is 55.0. The van der Waals surface area contributed by atoms with Crippen LogP contribution in [0.5, 0.6) is 0 Å². The molecule has 28 heavy (non-hydrogen) atoms. The molecular weight excluding hydrogens is 388 g/mol. The van der Waals surface area contributed by atoms with E-state index in [1.54, 1.807) is 12.1 Å². The molecule has 0 N–H and O–H groups in total. The van der Waals surface area contributed by atoms with Crippen LogP contribution in [-0.2, 0) is 38.0 Å². The lowest BCUT2D eigenvalue weighted by Gasteiger charge is -2.08. The average molecular weight is 419 g/mol. The molecule has 1 rings (SSSR count). The second-order valence-corrected chi connectivity index (χ2v) is 7.19. The molecule has 8 nitrogen and oxygen atoms in total. The summed E-state index contributed by atoms with van der Waals surface area (Å²) in [5, 5.41) is 0. The summed E-state index contributed by atoms with van der Waals surface area (Å²) in [6.07, 6.45) is 1.38. The maximum absolute atomic E-state index is 12.0. The van der Waals surface area contributed by atoms with Gasteiger partial charge in [0.25, 0.3) is 10.1 Å². The molecule has 1 aromatic carbocycles. The molecule has 160 valence electrons. The lowest BCUT2D eigenvalue weighted by atomic mass is 10.2. The summed E-state index contributed by atoms with van der Waals surface area (Å²) in [4.78, 5) is 0.136. The third-order valence-electron chi connectivity index (χ3n) is 3.36. The molecule has 0 amide bonds. The van der Waals surface area contributed by atoms with Gasteiger partial charge in [-0.15, -0.1) is 0 Å². The highest BCUT2D eigenvalue weighted by molar-refractivity contribution is 7.86. The smallest absolute Gasteiger partial charge is 0.297 e. The molecule has 1 aromatic rings. The standard InChI is InChI=1S/C19H30O8S/c1-3-22-8-9-23-10-11-24-12-13-25-14-15-26-16-17-27-28(20,21)19-6-4-18(2)5-7-19/h3-7H,1,8-17H2,2H3. The van der Waals surface area contributed by atoms with Crippen molar-refractivity contribution in [2.75, 3.05) is 66.1 Å². The van der Waals surface area contributed by atoms with Gasteiger partial charge < -0.3 is 23.7 Å². The van der Waals surface area contributed by atoms with Crippen molar-refractivity contribution in [3.05, 3.63) is 42.7 Å². The Kier molecular flexibility index (Phi) is 13.5. The number of rotatable bonds is 18. The molecule has 0 radical (unpaired) electrons. The summed E-state index contributed by atoms with van der Waals surface area (Å²) >= 11 is 0. The van der Waals surface area contributed by atoms with Crippen LogP contribution in [0.2, 0.25) is 0 Å². The van der Waals surface area contributed by atoms with Gasteiger partial charge in [0.15, 0.2) is 0 Å². The van der Waals surface area contributed by atoms with Crippen LogP contribution in [0, 0.1) is 6.92 Å². The van der Waals surface area contributed by atoms with E-state index < -0.39 is 10.1 Å². The predicted octanol–water partition coefficient (Wildman–Crippen LogP) is 1.93. The zero-order chi connectivity index (χ0) is 20.5. The first-order chi connectivity index (χ1) is 13.6. The van der Waals surface area contributed by atoms with Crippen LogP contribution in [0.4, 0.5) is 0 Å². The maximum atomic E-state index is 12.0. The van der Waals surface area contributed by atoms with Crippen molar-refractivity contribution in [3.8, 4) is 0 Å². The van der Waals surface area contributed by atoms with Crippen molar-refractivity contribution in [1.29, 1.82) is 0 Å². The Morgan fingerprint density at radius 1 is 0.750 bits per heavy atom. The van der Waals surface area contributed by atoms with Crippen molar-refractivity contribution >= 4 is 10.1 Å². The van der Waals surface area contributed by atoms with Gasteiger partial charge in [-0.05, 0) is 19.1 Å². The van der Waals surface area contributed by atoms with Crippen molar-refractivity contribution in [1.82, 2.24) is 0 Å². The molecule has 0 fully saturated rings. The third kappa shape index (κ3) is 12.1. The summed E-state index contributed by atoms with van der Waals surface area (Å²) in [7, 11) is -3.75. The number of aryl methyl sites for hydroxylation is 1. The van der Waals surface area contributed by atoms with Crippen molar-refractivity contribution < 1.29 is 36.3 Å². The molecule has 0 spiro atoms. The van der Waals surface area contributed by atoms with Gasteiger partial charge in [0.2, 0.25) is 0 Å². The average Bonchev–Trinajstić information content (AvgIpc) is 2.68. The molecule has 0 saturated carbocycles. The van der Waals surface area contributed by atoms with Crippen molar-refractivity contribution in [3.63, 3.8) is 0 Å². The molecule has 0 aromatic heterocycles. The summed E-state index contributed by atoms with van der Waals surface area (Å²) in [5.41, 5.74) is 0.982. The summed E-state index contributed by atoms with van der Waals surface area (Å²) in [6.45, 7) is 9.05. The van der Waals surface area contributed by atoms with Gasteiger partial charge in [-0.1, -0.05) is 24.3 Å². The van der Waals surface area contributed by atoms with E-state index in [1.165, 1.54) is 18.4 Å². The number of ether oxygens (including phenoxy) is 5. The molecule has 0 saturated heterocycles. The fourth-order valence-electron chi connectivity index (χ4n) is 1.93. The van der Waals surface area contributed by atoms with E-state index in [2.05, 4.69) is 6.58 Å². The Morgan fingerprint density at radius 3 is 1.64 bits per heavy atom. The first kappa shape index (κ1) is 24.5. The second kappa shape index (κ2) is 15.4. The van der Waals surface area contributed by atoms with E-state index in [0.29, 0.717) is 52.9 Å². The Morgan fingerprint density at radius 2 is 1.18 bits per heavy atom. The second-order valence-electron chi connectivity index (χ2n) is 5.58. The largest absolute Gasteiger partial charge is 0.499 e. The zero-order valence-electron chi connectivity index (χ0n) is 16.3. The summed E-state index contributed by atoms with van der Waals surface area (Å²) in [5.74, 6) is 0. The Labute approximate surface area is 167 Å². The monoisotopic (exact) mass is 418 g/mol. The number of hydrogen-bond donors (Lipinski definition) is 0. The molecule has 0 atom stereocenters. The van der Waals surface area contributed by atoms with Gasteiger partial charge in [0.1, 0.15) is 6.61 Å². The fourth-order valence-corrected chi connectivity index (χ4v) is 2.82. The normalized spacial score (nSPS) is 11.5. The molecular formula is C19H30O8S. The van der Waals surface area contributed by atoms with Crippen LogP contribution in [-0.4, -0.2) is 74.5 Å². The van der Waals surface area contributed by atoms with Crippen LogP contribution in [0.15, 0.2) is 42.0 Å². The van der Waals surface area contributed by atoms with E-state index in [0.717, 1.165) is 5.56 Å². The first-order valence-corrected chi connectivity index (χ1v) is 10.5. The molecule has 0 aliphatic rings. The summed E-state index contributed by atoms with van der Waals surface area (Å²) in [6, 6.07) is 6.48. The first-order valence-electron chi connectivity index (χ1n) is 9.06. The van der Waals surface area contributed by atoms with Gasteiger partial charge in [-0.25, -0.2) is 0 Å². The molecule has 0 heterocycles. The van der Waals surface area contributed by atoms with E-state index >= 15 is 0 Å². The topological polar surface area (TPSA) is 89.5 Å². The minimum atomic E-state index is -3.75. The van der Waals surface area contributed by atoms with E-state index in [9.17, 15) is 8.42 Å². The van der Waals surface area contributed by atoms with Crippen molar-refractivity contribution in [2.24, 2.45) is 0 Å². The Bertz CT molecular complexity index is 615. The zero-order valence-corrected chi connectivity index (χ0v) is 17.2.